The molecule has 0 aliphatic heterocycles. The third-order valence-corrected chi connectivity index (χ3v) is 5.49. The molecule has 130 valence electrons. The number of nitrogens with one attached hydrogen (secondary N) is 2. The molecule has 24 heavy (non-hydrogen) atoms. The maximum Gasteiger partial charge on any atom is 0.240 e. The van der Waals surface area contributed by atoms with Gasteiger partial charge in [-0.25, -0.2) is 18.1 Å². The van der Waals surface area contributed by atoms with Crippen LogP contribution in [0.3, 0.4) is 0 Å². The van der Waals surface area contributed by atoms with Crippen LogP contribution in [0.1, 0.15) is 13.3 Å². The standard InChI is InChI=1S/C15H20N4O3S2/c1-12(20)18-14-10-13(4-5-15(14)23-2)24(21,22)17-6-3-8-19-9-7-16-11-19/h4-5,7,9-11,17H,3,6,8H2,1-2H3,(H,18,20). The van der Waals surface area contributed by atoms with Crippen LogP contribution in [0.15, 0.2) is 46.7 Å². The third-order valence-electron chi connectivity index (χ3n) is 3.24. The molecular weight excluding hydrogens is 348 g/mol. The summed E-state index contributed by atoms with van der Waals surface area (Å²) in [6.45, 7) is 2.39. The van der Waals surface area contributed by atoms with Gasteiger partial charge >= 0.3 is 0 Å². The molecule has 2 aromatic rings. The number of aryl methyl sites for hydroxylation is 1. The number of carbonyl (C=O) groups excluding carboxylic acids is 1. The van der Waals surface area contributed by atoms with E-state index < -0.39 is 10.0 Å². The number of nitrogens with zero attached hydrogens (tertiary/aromatic N) is 2. The monoisotopic (exact) mass is 368 g/mol. The summed E-state index contributed by atoms with van der Waals surface area (Å²) >= 11 is 1.44. The van der Waals surface area contributed by atoms with E-state index in [1.165, 1.54) is 30.8 Å². The number of imidazole rings is 1. The average molecular weight is 368 g/mol. The Morgan fingerprint density at radius 2 is 2.17 bits per heavy atom. The van der Waals surface area contributed by atoms with Gasteiger partial charge in [-0.2, -0.15) is 0 Å². The fourth-order valence-electron chi connectivity index (χ4n) is 2.11. The molecule has 0 atom stereocenters. The molecule has 1 amide bonds. The first-order valence-corrected chi connectivity index (χ1v) is 10.0. The third kappa shape index (κ3) is 5.08. The number of aromatic nitrogens is 2. The topological polar surface area (TPSA) is 93.1 Å². The average Bonchev–Trinajstić information content (AvgIpc) is 3.04. The number of sulfonamides is 1. The lowest BCUT2D eigenvalue weighted by Gasteiger charge is -2.12. The van der Waals surface area contributed by atoms with Crippen molar-refractivity contribution in [1.82, 2.24) is 14.3 Å². The van der Waals surface area contributed by atoms with Crippen LogP contribution in [-0.2, 0) is 21.4 Å². The van der Waals surface area contributed by atoms with Gasteiger partial charge in [-0.15, -0.1) is 11.8 Å². The minimum atomic E-state index is -3.62. The maximum atomic E-state index is 12.4. The first-order valence-electron chi connectivity index (χ1n) is 7.33. The number of anilines is 1. The van der Waals surface area contributed by atoms with Crippen LogP contribution in [0.25, 0.3) is 0 Å². The lowest BCUT2D eigenvalue weighted by molar-refractivity contribution is -0.114. The van der Waals surface area contributed by atoms with Crippen LogP contribution in [-0.4, -0.2) is 36.7 Å². The molecule has 1 heterocycles. The minimum absolute atomic E-state index is 0.131. The molecule has 0 radical (unpaired) electrons. The van der Waals surface area contributed by atoms with Crippen molar-refractivity contribution >= 4 is 33.4 Å². The van der Waals surface area contributed by atoms with E-state index in [1.54, 1.807) is 18.6 Å². The van der Waals surface area contributed by atoms with E-state index in [0.717, 1.165) is 4.90 Å². The number of rotatable bonds is 8. The van der Waals surface area contributed by atoms with Crippen molar-refractivity contribution < 1.29 is 13.2 Å². The predicted molar refractivity (Wildman–Crippen MR) is 94.6 cm³/mol. The van der Waals surface area contributed by atoms with Crippen molar-refractivity contribution in [2.75, 3.05) is 18.1 Å². The van der Waals surface area contributed by atoms with Crippen LogP contribution < -0.4 is 10.0 Å². The summed E-state index contributed by atoms with van der Waals surface area (Å²) in [5.41, 5.74) is 0.497. The van der Waals surface area contributed by atoms with E-state index in [4.69, 9.17) is 0 Å². The van der Waals surface area contributed by atoms with Gasteiger partial charge in [0.2, 0.25) is 15.9 Å². The van der Waals surface area contributed by atoms with Gasteiger partial charge in [0, 0.05) is 37.3 Å². The normalized spacial score (nSPS) is 11.4. The quantitative estimate of drug-likeness (QED) is 0.549. The van der Waals surface area contributed by atoms with Crippen LogP contribution in [0.4, 0.5) is 5.69 Å². The summed E-state index contributed by atoms with van der Waals surface area (Å²) < 4.78 is 29.2. The number of thioether (sulfide) groups is 1. The first-order chi connectivity index (χ1) is 11.4. The number of carbonyl (C=O) groups is 1. The van der Waals surface area contributed by atoms with Crippen LogP contribution in [0.5, 0.6) is 0 Å². The van der Waals surface area contributed by atoms with E-state index in [9.17, 15) is 13.2 Å². The van der Waals surface area contributed by atoms with Gasteiger partial charge in [0.05, 0.1) is 16.9 Å². The Bertz CT molecular complexity index is 789. The molecule has 0 unspecified atom stereocenters. The van der Waals surface area contributed by atoms with Gasteiger partial charge < -0.3 is 9.88 Å². The SMILES string of the molecule is CSc1ccc(S(=O)(=O)NCCCn2ccnc2)cc1NC(C)=O. The lowest BCUT2D eigenvalue weighted by atomic mass is 10.3. The van der Waals surface area contributed by atoms with Crippen LogP contribution in [0.2, 0.25) is 0 Å². The molecular formula is C15H20N4O3S2. The van der Waals surface area contributed by atoms with E-state index in [1.807, 2.05) is 17.0 Å². The molecule has 2 rings (SSSR count). The highest BCUT2D eigenvalue weighted by Gasteiger charge is 2.16. The number of benzene rings is 1. The Balaban J connectivity index is 2.03. The molecule has 0 fully saturated rings. The summed E-state index contributed by atoms with van der Waals surface area (Å²) in [5, 5.41) is 2.66. The molecule has 1 aromatic heterocycles. The van der Waals surface area contributed by atoms with E-state index in [2.05, 4.69) is 15.0 Å². The fraction of sp³-hybridized carbons (Fsp3) is 0.333. The Morgan fingerprint density at radius 1 is 1.38 bits per heavy atom. The van der Waals surface area contributed by atoms with Crippen LogP contribution >= 0.6 is 11.8 Å². The predicted octanol–water partition coefficient (Wildman–Crippen LogP) is 1.93. The molecule has 0 aliphatic carbocycles. The summed E-state index contributed by atoms with van der Waals surface area (Å²) in [5.74, 6) is -0.242. The minimum Gasteiger partial charge on any atom is -0.337 e. The van der Waals surface area contributed by atoms with E-state index >= 15 is 0 Å². The van der Waals surface area contributed by atoms with Gasteiger partial charge in [0.25, 0.3) is 0 Å². The molecule has 1 aromatic carbocycles. The zero-order chi connectivity index (χ0) is 17.6. The van der Waals surface area contributed by atoms with Crippen molar-refractivity contribution in [3.05, 3.63) is 36.9 Å². The highest BCUT2D eigenvalue weighted by molar-refractivity contribution is 7.98. The van der Waals surface area contributed by atoms with Crippen LogP contribution in [0, 0.1) is 0 Å². The summed E-state index contributed by atoms with van der Waals surface area (Å²) in [6.07, 6.45) is 7.71. The second kappa shape index (κ2) is 8.32. The molecule has 0 saturated heterocycles. The maximum absolute atomic E-state index is 12.4. The Kier molecular flexibility index (Phi) is 6.41. The fourth-order valence-corrected chi connectivity index (χ4v) is 3.75. The molecule has 2 N–H and O–H groups in total. The van der Waals surface area contributed by atoms with Gasteiger partial charge in [0.1, 0.15) is 0 Å². The highest BCUT2D eigenvalue weighted by Crippen LogP contribution is 2.28. The van der Waals surface area contributed by atoms with E-state index in [-0.39, 0.29) is 10.8 Å². The van der Waals surface area contributed by atoms with Crippen molar-refractivity contribution in [2.45, 2.75) is 29.7 Å². The Hall–Kier alpha value is -1.84. The smallest absolute Gasteiger partial charge is 0.240 e. The molecule has 7 nitrogen and oxygen atoms in total. The van der Waals surface area contributed by atoms with Crippen molar-refractivity contribution in [3.8, 4) is 0 Å². The highest BCUT2D eigenvalue weighted by atomic mass is 32.2. The van der Waals surface area contributed by atoms with E-state index in [0.29, 0.717) is 25.2 Å². The second-order valence-electron chi connectivity index (χ2n) is 5.10. The largest absolute Gasteiger partial charge is 0.337 e. The summed E-state index contributed by atoms with van der Waals surface area (Å²) in [6, 6.07) is 4.71. The summed E-state index contributed by atoms with van der Waals surface area (Å²) in [4.78, 5) is 16.1. The zero-order valence-electron chi connectivity index (χ0n) is 13.5. The van der Waals surface area contributed by atoms with Gasteiger partial charge in [-0.05, 0) is 30.9 Å². The molecule has 9 heteroatoms. The van der Waals surface area contributed by atoms with Gasteiger partial charge in [0.15, 0.2) is 0 Å². The number of hydrogen-bond acceptors (Lipinski definition) is 5. The Labute approximate surface area is 145 Å². The first kappa shape index (κ1) is 18.5. The number of hydrogen-bond donors (Lipinski definition) is 2. The Morgan fingerprint density at radius 3 is 2.79 bits per heavy atom. The zero-order valence-corrected chi connectivity index (χ0v) is 15.2. The van der Waals surface area contributed by atoms with Gasteiger partial charge in [-0.1, -0.05) is 0 Å². The number of amides is 1. The van der Waals surface area contributed by atoms with Crippen molar-refractivity contribution in [2.24, 2.45) is 0 Å². The van der Waals surface area contributed by atoms with Gasteiger partial charge in [-0.3, -0.25) is 4.79 Å². The lowest BCUT2D eigenvalue weighted by Crippen LogP contribution is -2.25. The second-order valence-corrected chi connectivity index (χ2v) is 7.71. The molecule has 0 saturated carbocycles. The molecule has 0 aliphatic rings. The molecule has 0 bridgehead atoms. The van der Waals surface area contributed by atoms with Crippen molar-refractivity contribution in [1.29, 1.82) is 0 Å². The summed E-state index contributed by atoms with van der Waals surface area (Å²) in [7, 11) is -3.62. The van der Waals surface area contributed by atoms with Crippen molar-refractivity contribution in [3.63, 3.8) is 0 Å². The molecule has 0 spiro atoms.